The SMILES string of the molecule is O=C(CC1CNC1)Nc1ccc(C(F)(F)F)cc1Cl. The monoisotopic (exact) mass is 292 g/mol. The Morgan fingerprint density at radius 2 is 2.11 bits per heavy atom. The topological polar surface area (TPSA) is 41.1 Å². The molecule has 1 aliphatic rings. The lowest BCUT2D eigenvalue weighted by molar-refractivity contribution is -0.137. The molecule has 0 unspecified atom stereocenters. The lowest BCUT2D eigenvalue weighted by atomic mass is 9.99. The van der Waals surface area contributed by atoms with Crippen LogP contribution in [-0.4, -0.2) is 19.0 Å². The van der Waals surface area contributed by atoms with Crippen LogP contribution in [0.5, 0.6) is 0 Å². The van der Waals surface area contributed by atoms with Crippen molar-refractivity contribution in [3.05, 3.63) is 28.8 Å². The predicted molar refractivity (Wildman–Crippen MR) is 66.1 cm³/mol. The highest BCUT2D eigenvalue weighted by atomic mass is 35.5. The zero-order valence-corrected chi connectivity index (χ0v) is 10.6. The average Bonchev–Trinajstić information content (AvgIpc) is 2.25. The first kappa shape index (κ1) is 14.1. The Bertz CT molecular complexity index is 486. The molecular formula is C12H12ClF3N2O. The Kier molecular flexibility index (Phi) is 4.01. The van der Waals surface area contributed by atoms with Crippen LogP contribution in [0.2, 0.25) is 5.02 Å². The van der Waals surface area contributed by atoms with E-state index in [1.807, 2.05) is 0 Å². The van der Waals surface area contributed by atoms with Crippen molar-refractivity contribution in [1.82, 2.24) is 5.32 Å². The lowest BCUT2D eigenvalue weighted by Gasteiger charge is -2.26. The van der Waals surface area contributed by atoms with Crippen LogP contribution in [0, 0.1) is 5.92 Å². The van der Waals surface area contributed by atoms with Gasteiger partial charge in [0.1, 0.15) is 0 Å². The summed E-state index contributed by atoms with van der Waals surface area (Å²) in [6.07, 6.45) is -4.10. The van der Waals surface area contributed by atoms with Gasteiger partial charge < -0.3 is 10.6 Å². The van der Waals surface area contributed by atoms with Crippen molar-refractivity contribution in [3.8, 4) is 0 Å². The summed E-state index contributed by atoms with van der Waals surface area (Å²) in [7, 11) is 0. The Balaban J connectivity index is 2.02. The molecule has 104 valence electrons. The van der Waals surface area contributed by atoms with Gasteiger partial charge in [0, 0.05) is 6.42 Å². The molecule has 7 heteroatoms. The maximum absolute atomic E-state index is 12.4. The summed E-state index contributed by atoms with van der Waals surface area (Å²) in [5.74, 6) is 0.0429. The third-order valence-corrected chi connectivity index (χ3v) is 3.22. The van der Waals surface area contributed by atoms with E-state index in [2.05, 4.69) is 10.6 Å². The molecule has 1 amide bonds. The fourth-order valence-electron chi connectivity index (χ4n) is 1.75. The van der Waals surface area contributed by atoms with Gasteiger partial charge in [0.2, 0.25) is 5.91 Å². The molecule has 1 saturated heterocycles. The van der Waals surface area contributed by atoms with E-state index in [9.17, 15) is 18.0 Å². The molecule has 0 radical (unpaired) electrons. The third kappa shape index (κ3) is 3.61. The minimum Gasteiger partial charge on any atom is -0.325 e. The molecule has 2 rings (SSSR count). The summed E-state index contributed by atoms with van der Waals surface area (Å²) in [6.45, 7) is 1.57. The van der Waals surface area contributed by atoms with Crippen LogP contribution in [0.25, 0.3) is 0 Å². The van der Waals surface area contributed by atoms with E-state index in [4.69, 9.17) is 11.6 Å². The van der Waals surface area contributed by atoms with Crippen LogP contribution in [0.1, 0.15) is 12.0 Å². The van der Waals surface area contributed by atoms with Gasteiger partial charge >= 0.3 is 6.18 Å². The normalized spacial score (nSPS) is 16.0. The minimum atomic E-state index is -4.44. The second-order valence-corrected chi connectivity index (χ2v) is 4.88. The first-order valence-corrected chi connectivity index (χ1v) is 6.11. The Morgan fingerprint density at radius 3 is 2.58 bits per heavy atom. The van der Waals surface area contributed by atoms with Gasteiger partial charge in [0.05, 0.1) is 16.3 Å². The summed E-state index contributed by atoms with van der Waals surface area (Å²) >= 11 is 5.74. The van der Waals surface area contributed by atoms with Crippen LogP contribution in [0.4, 0.5) is 18.9 Å². The van der Waals surface area contributed by atoms with Crippen molar-refractivity contribution in [1.29, 1.82) is 0 Å². The van der Waals surface area contributed by atoms with Crippen LogP contribution in [0.3, 0.4) is 0 Å². The summed E-state index contributed by atoms with van der Waals surface area (Å²) in [5, 5.41) is 5.44. The molecular weight excluding hydrogens is 281 g/mol. The molecule has 0 bridgehead atoms. The predicted octanol–water partition coefficient (Wildman–Crippen LogP) is 2.91. The number of alkyl halides is 3. The van der Waals surface area contributed by atoms with E-state index in [1.165, 1.54) is 6.07 Å². The number of carbonyl (C=O) groups excluding carboxylic acids is 1. The summed E-state index contributed by atoms with van der Waals surface area (Å²) in [6, 6.07) is 2.87. The maximum Gasteiger partial charge on any atom is 0.416 e. The molecule has 1 aliphatic heterocycles. The second-order valence-electron chi connectivity index (χ2n) is 4.47. The highest BCUT2D eigenvalue weighted by Crippen LogP contribution is 2.33. The van der Waals surface area contributed by atoms with E-state index < -0.39 is 11.7 Å². The minimum absolute atomic E-state index is 0.116. The molecule has 0 spiro atoms. The molecule has 0 aromatic heterocycles. The standard InChI is InChI=1S/C12H12ClF3N2O/c13-9-4-8(12(14,15)16)1-2-10(9)18-11(19)3-7-5-17-6-7/h1-2,4,7,17H,3,5-6H2,(H,18,19). The van der Waals surface area contributed by atoms with Crippen molar-refractivity contribution in [3.63, 3.8) is 0 Å². The van der Waals surface area contributed by atoms with E-state index in [0.717, 1.165) is 25.2 Å². The lowest BCUT2D eigenvalue weighted by Crippen LogP contribution is -2.43. The number of anilines is 1. The number of rotatable bonds is 3. The second kappa shape index (κ2) is 5.38. The maximum atomic E-state index is 12.4. The summed E-state index contributed by atoms with van der Waals surface area (Å²) in [5.41, 5.74) is -0.634. The van der Waals surface area contributed by atoms with Crippen LogP contribution in [0.15, 0.2) is 18.2 Å². The third-order valence-electron chi connectivity index (χ3n) is 2.91. The van der Waals surface area contributed by atoms with Crippen molar-refractivity contribution in [2.45, 2.75) is 12.6 Å². The van der Waals surface area contributed by atoms with Crippen molar-refractivity contribution in [2.75, 3.05) is 18.4 Å². The molecule has 0 aliphatic carbocycles. The van der Waals surface area contributed by atoms with Crippen molar-refractivity contribution in [2.24, 2.45) is 5.92 Å². The zero-order chi connectivity index (χ0) is 14.0. The van der Waals surface area contributed by atoms with Gasteiger partial charge in [-0.2, -0.15) is 13.2 Å². The number of carbonyl (C=O) groups is 1. The van der Waals surface area contributed by atoms with Gasteiger partial charge in [0.25, 0.3) is 0 Å². The van der Waals surface area contributed by atoms with E-state index in [0.29, 0.717) is 6.42 Å². The van der Waals surface area contributed by atoms with Gasteiger partial charge in [-0.3, -0.25) is 4.79 Å². The number of nitrogens with one attached hydrogen (secondary N) is 2. The Labute approximate surface area is 113 Å². The van der Waals surface area contributed by atoms with Crippen LogP contribution >= 0.6 is 11.6 Å². The largest absolute Gasteiger partial charge is 0.416 e. The fourth-order valence-corrected chi connectivity index (χ4v) is 1.98. The quantitative estimate of drug-likeness (QED) is 0.899. The van der Waals surface area contributed by atoms with E-state index >= 15 is 0 Å². The molecule has 3 nitrogen and oxygen atoms in total. The van der Waals surface area contributed by atoms with Gasteiger partial charge in [0.15, 0.2) is 0 Å². The molecule has 0 atom stereocenters. The average molecular weight is 293 g/mol. The van der Waals surface area contributed by atoms with Gasteiger partial charge in [-0.1, -0.05) is 11.6 Å². The van der Waals surface area contributed by atoms with Gasteiger partial charge in [-0.25, -0.2) is 0 Å². The van der Waals surface area contributed by atoms with Gasteiger partial charge in [-0.05, 0) is 37.2 Å². The highest BCUT2D eigenvalue weighted by molar-refractivity contribution is 6.33. The Morgan fingerprint density at radius 1 is 1.42 bits per heavy atom. The molecule has 19 heavy (non-hydrogen) atoms. The molecule has 1 heterocycles. The molecule has 1 fully saturated rings. The molecule has 1 aromatic carbocycles. The van der Waals surface area contributed by atoms with Crippen LogP contribution in [-0.2, 0) is 11.0 Å². The highest BCUT2D eigenvalue weighted by Gasteiger charge is 2.31. The van der Waals surface area contributed by atoms with Gasteiger partial charge in [-0.15, -0.1) is 0 Å². The van der Waals surface area contributed by atoms with Crippen molar-refractivity contribution < 1.29 is 18.0 Å². The summed E-state index contributed by atoms with van der Waals surface area (Å²) < 4.78 is 37.3. The Hall–Kier alpha value is -1.27. The molecule has 2 N–H and O–H groups in total. The first-order chi connectivity index (χ1) is 8.86. The number of benzene rings is 1. The zero-order valence-electron chi connectivity index (χ0n) is 9.85. The number of hydrogen-bond acceptors (Lipinski definition) is 2. The summed E-state index contributed by atoms with van der Waals surface area (Å²) in [4.78, 5) is 11.6. The first-order valence-electron chi connectivity index (χ1n) is 5.73. The smallest absolute Gasteiger partial charge is 0.325 e. The molecule has 1 aromatic rings. The molecule has 0 saturated carbocycles. The number of amides is 1. The fraction of sp³-hybridized carbons (Fsp3) is 0.417. The van der Waals surface area contributed by atoms with E-state index in [1.54, 1.807) is 0 Å². The van der Waals surface area contributed by atoms with Crippen LogP contribution < -0.4 is 10.6 Å². The number of hydrogen-bond donors (Lipinski definition) is 2. The van der Waals surface area contributed by atoms with E-state index in [-0.39, 0.29) is 22.5 Å². The number of halogens is 4. The van der Waals surface area contributed by atoms with Crippen molar-refractivity contribution >= 4 is 23.2 Å².